The van der Waals surface area contributed by atoms with Crippen molar-refractivity contribution in [1.29, 1.82) is 0 Å². The summed E-state index contributed by atoms with van der Waals surface area (Å²) in [5.74, 6) is 1.63. The van der Waals surface area contributed by atoms with Gasteiger partial charge in [0.05, 0.1) is 0 Å². The second-order valence-electron chi connectivity index (χ2n) is 6.14. The molecule has 1 atom stereocenters. The zero-order valence-electron chi connectivity index (χ0n) is 13.4. The molecule has 118 valence electrons. The summed E-state index contributed by atoms with van der Waals surface area (Å²) < 4.78 is 13.6. The Hall–Kier alpha value is -0.740. The van der Waals surface area contributed by atoms with Gasteiger partial charge in [-0.1, -0.05) is 20.8 Å². The molecule has 2 nitrogen and oxygen atoms in total. The van der Waals surface area contributed by atoms with Crippen molar-refractivity contribution in [2.75, 3.05) is 30.3 Å². The molecule has 2 rings (SSSR count). The summed E-state index contributed by atoms with van der Waals surface area (Å²) in [6, 6.07) is 5.22. The van der Waals surface area contributed by atoms with Crippen LogP contribution in [0, 0.1) is 11.7 Å². The molecule has 0 saturated carbocycles. The van der Waals surface area contributed by atoms with E-state index in [1.807, 2.05) is 6.07 Å². The normalized spacial score (nSPS) is 19.3. The monoisotopic (exact) mass is 310 g/mol. The molecule has 1 unspecified atom stereocenters. The molecule has 1 aliphatic rings. The Morgan fingerprint density at radius 1 is 1.43 bits per heavy atom. The highest BCUT2D eigenvalue weighted by Gasteiger charge is 2.21. The largest absolute Gasteiger partial charge is 0.369 e. The highest BCUT2D eigenvalue weighted by atomic mass is 32.2. The maximum Gasteiger partial charge on any atom is 0.123 e. The molecule has 0 spiro atoms. The van der Waals surface area contributed by atoms with Gasteiger partial charge in [0.1, 0.15) is 5.82 Å². The van der Waals surface area contributed by atoms with Crippen molar-refractivity contribution < 1.29 is 4.39 Å². The molecular formula is C17H27FN2S. The smallest absolute Gasteiger partial charge is 0.123 e. The lowest BCUT2D eigenvalue weighted by atomic mass is 10.1. The van der Waals surface area contributed by atoms with E-state index >= 15 is 0 Å². The number of hydrogen-bond acceptors (Lipinski definition) is 3. The van der Waals surface area contributed by atoms with Crippen LogP contribution in [0.25, 0.3) is 0 Å². The molecule has 1 saturated heterocycles. The van der Waals surface area contributed by atoms with Gasteiger partial charge in [-0.2, -0.15) is 11.8 Å². The molecule has 0 amide bonds. The third-order valence-corrected chi connectivity index (χ3v) is 5.22. The van der Waals surface area contributed by atoms with Crippen LogP contribution in [0.15, 0.2) is 18.2 Å². The average molecular weight is 310 g/mol. The van der Waals surface area contributed by atoms with Crippen molar-refractivity contribution in [3.05, 3.63) is 29.6 Å². The fourth-order valence-electron chi connectivity index (χ4n) is 2.68. The van der Waals surface area contributed by atoms with Gasteiger partial charge in [-0.3, -0.25) is 0 Å². The topological polar surface area (TPSA) is 15.3 Å². The van der Waals surface area contributed by atoms with Crippen molar-refractivity contribution in [3.8, 4) is 0 Å². The van der Waals surface area contributed by atoms with E-state index in [0.717, 1.165) is 37.5 Å². The third-order valence-electron chi connectivity index (χ3n) is 3.84. The van der Waals surface area contributed by atoms with E-state index in [1.165, 1.54) is 12.1 Å². The van der Waals surface area contributed by atoms with Crippen molar-refractivity contribution in [2.24, 2.45) is 5.92 Å². The first-order chi connectivity index (χ1) is 10.1. The van der Waals surface area contributed by atoms with Gasteiger partial charge in [-0.15, -0.1) is 0 Å². The van der Waals surface area contributed by atoms with Gasteiger partial charge < -0.3 is 10.2 Å². The highest BCUT2D eigenvalue weighted by molar-refractivity contribution is 8.00. The molecule has 1 N–H and O–H groups in total. The Bertz CT molecular complexity index is 450. The summed E-state index contributed by atoms with van der Waals surface area (Å²) >= 11 is 2.06. The maximum atomic E-state index is 13.6. The number of halogens is 1. The second kappa shape index (κ2) is 8.04. The standard InChI is InChI=1S/C17H27FN2S/c1-4-16-12-20(7-8-21-16)17-6-5-15(18)9-14(17)11-19-10-13(2)3/h5-6,9,13,16,19H,4,7-8,10-12H2,1-3H3. The van der Waals surface area contributed by atoms with Gasteiger partial charge in [0.25, 0.3) is 0 Å². The fourth-order valence-corrected chi connectivity index (χ4v) is 3.86. The van der Waals surface area contributed by atoms with E-state index < -0.39 is 0 Å². The Morgan fingerprint density at radius 3 is 2.95 bits per heavy atom. The Labute approximate surface area is 132 Å². The van der Waals surface area contributed by atoms with E-state index in [9.17, 15) is 4.39 Å². The first-order valence-electron chi connectivity index (χ1n) is 7.95. The molecule has 0 aromatic heterocycles. The number of hydrogen-bond donors (Lipinski definition) is 1. The van der Waals surface area contributed by atoms with E-state index in [2.05, 4.69) is 42.7 Å². The summed E-state index contributed by atoms with van der Waals surface area (Å²) in [6.45, 7) is 10.5. The molecule has 1 aromatic rings. The number of benzene rings is 1. The maximum absolute atomic E-state index is 13.6. The van der Waals surface area contributed by atoms with Crippen LogP contribution in [0.4, 0.5) is 10.1 Å². The minimum atomic E-state index is -0.140. The van der Waals surface area contributed by atoms with E-state index in [1.54, 1.807) is 12.1 Å². The van der Waals surface area contributed by atoms with Crippen LogP contribution in [0.2, 0.25) is 0 Å². The van der Waals surface area contributed by atoms with Crippen LogP contribution in [0.1, 0.15) is 32.8 Å². The molecule has 1 heterocycles. The Morgan fingerprint density at radius 2 is 2.24 bits per heavy atom. The van der Waals surface area contributed by atoms with Crippen LogP contribution in [0.3, 0.4) is 0 Å². The predicted molar refractivity (Wildman–Crippen MR) is 91.7 cm³/mol. The molecule has 1 aromatic carbocycles. The summed E-state index contributed by atoms with van der Waals surface area (Å²) in [5, 5.41) is 4.13. The molecule has 0 bridgehead atoms. The minimum absolute atomic E-state index is 0.140. The van der Waals surface area contributed by atoms with Crippen molar-refractivity contribution in [3.63, 3.8) is 0 Å². The Balaban J connectivity index is 2.10. The van der Waals surface area contributed by atoms with Crippen molar-refractivity contribution in [1.82, 2.24) is 5.32 Å². The van der Waals surface area contributed by atoms with Gasteiger partial charge in [0, 0.05) is 36.3 Å². The third kappa shape index (κ3) is 4.89. The number of nitrogens with one attached hydrogen (secondary N) is 1. The van der Waals surface area contributed by atoms with Gasteiger partial charge in [0.2, 0.25) is 0 Å². The van der Waals surface area contributed by atoms with Crippen LogP contribution in [-0.2, 0) is 6.54 Å². The SMILES string of the molecule is CCC1CN(c2ccc(F)cc2CNCC(C)C)CCS1. The molecule has 1 fully saturated rings. The van der Waals surface area contributed by atoms with Crippen LogP contribution in [-0.4, -0.2) is 30.6 Å². The number of rotatable bonds is 6. The van der Waals surface area contributed by atoms with Crippen molar-refractivity contribution >= 4 is 17.4 Å². The van der Waals surface area contributed by atoms with Crippen molar-refractivity contribution in [2.45, 2.75) is 39.0 Å². The van der Waals surface area contributed by atoms with Gasteiger partial charge in [-0.25, -0.2) is 4.39 Å². The lowest BCUT2D eigenvalue weighted by Gasteiger charge is -2.35. The van der Waals surface area contributed by atoms with Gasteiger partial charge >= 0.3 is 0 Å². The summed E-state index contributed by atoms with van der Waals surface area (Å²) in [7, 11) is 0. The lowest BCUT2D eigenvalue weighted by Crippen LogP contribution is -2.38. The molecule has 0 aliphatic carbocycles. The molecule has 4 heteroatoms. The fraction of sp³-hybridized carbons (Fsp3) is 0.647. The summed E-state index contributed by atoms with van der Waals surface area (Å²) in [6.07, 6.45) is 1.20. The summed E-state index contributed by atoms with van der Waals surface area (Å²) in [5.41, 5.74) is 2.28. The predicted octanol–water partition coefficient (Wildman–Crippen LogP) is 3.90. The highest BCUT2D eigenvalue weighted by Crippen LogP contribution is 2.28. The number of thioether (sulfide) groups is 1. The first kappa shape index (κ1) is 16.6. The zero-order valence-corrected chi connectivity index (χ0v) is 14.2. The average Bonchev–Trinajstić information content (AvgIpc) is 2.47. The number of anilines is 1. The van der Waals surface area contributed by atoms with Crippen LogP contribution < -0.4 is 10.2 Å². The minimum Gasteiger partial charge on any atom is -0.369 e. The Kier molecular flexibility index (Phi) is 6.37. The first-order valence-corrected chi connectivity index (χ1v) is 9.00. The van der Waals surface area contributed by atoms with Crippen LogP contribution in [0.5, 0.6) is 0 Å². The van der Waals surface area contributed by atoms with Gasteiger partial charge in [-0.05, 0) is 42.6 Å². The quantitative estimate of drug-likeness (QED) is 0.858. The lowest BCUT2D eigenvalue weighted by molar-refractivity contribution is 0.549. The summed E-state index contributed by atoms with van der Waals surface area (Å²) in [4.78, 5) is 2.43. The van der Waals surface area contributed by atoms with Gasteiger partial charge in [0.15, 0.2) is 0 Å². The van der Waals surface area contributed by atoms with E-state index in [4.69, 9.17) is 0 Å². The van der Waals surface area contributed by atoms with Crippen LogP contribution >= 0.6 is 11.8 Å². The van der Waals surface area contributed by atoms with E-state index in [-0.39, 0.29) is 5.82 Å². The molecule has 21 heavy (non-hydrogen) atoms. The second-order valence-corrected chi connectivity index (χ2v) is 7.55. The molecule has 0 radical (unpaired) electrons. The molecule has 1 aliphatic heterocycles. The molecular weight excluding hydrogens is 283 g/mol. The zero-order chi connectivity index (χ0) is 15.2. The van der Waals surface area contributed by atoms with E-state index in [0.29, 0.717) is 11.2 Å². The number of nitrogens with zero attached hydrogens (tertiary/aromatic N) is 1.